The van der Waals surface area contributed by atoms with E-state index >= 15 is 0 Å². The van der Waals surface area contributed by atoms with E-state index in [2.05, 4.69) is 30.6 Å². The van der Waals surface area contributed by atoms with Gasteiger partial charge in [0.05, 0.1) is 44.0 Å². The van der Waals surface area contributed by atoms with Crippen LogP contribution in [0, 0.1) is 13.8 Å². The largest absolute Gasteiger partial charge is 0.382 e. The fraction of sp³-hybridized carbons (Fsp3) is 0.700. The van der Waals surface area contributed by atoms with Crippen LogP contribution in [0.3, 0.4) is 0 Å². The summed E-state index contributed by atoms with van der Waals surface area (Å²) in [4.78, 5) is 17.1. The van der Waals surface area contributed by atoms with E-state index in [-0.39, 0.29) is 12.2 Å². The number of nitrogens with zero attached hydrogens (tertiary/aromatic N) is 4. The van der Waals surface area contributed by atoms with E-state index in [0.717, 1.165) is 62.4 Å². The lowest BCUT2D eigenvalue weighted by Gasteiger charge is -2.37. The van der Waals surface area contributed by atoms with E-state index in [1.807, 2.05) is 0 Å². The van der Waals surface area contributed by atoms with Crippen LogP contribution >= 0.6 is 11.3 Å². The second kappa shape index (κ2) is 8.59. The Labute approximate surface area is 170 Å². The van der Waals surface area contributed by atoms with Crippen molar-refractivity contribution in [3.05, 3.63) is 16.3 Å². The van der Waals surface area contributed by atoms with Crippen molar-refractivity contribution in [3.8, 4) is 0 Å². The standard InChI is InChI=1S/C20H30N4O3S/c1-13-9-24(10-16(27-13)12-25-4)19-18-14(2)15(3)28-20(18)22-17(21-19)11-23-5-7-26-8-6-23/h13,16H,5-12H2,1-4H3. The van der Waals surface area contributed by atoms with Gasteiger partial charge in [-0.15, -0.1) is 11.3 Å². The van der Waals surface area contributed by atoms with E-state index in [4.69, 9.17) is 24.2 Å². The first-order valence-electron chi connectivity index (χ1n) is 10.0. The molecule has 2 aromatic heterocycles. The first kappa shape index (κ1) is 20.0. The maximum atomic E-state index is 6.05. The Bertz CT molecular complexity index is 821. The van der Waals surface area contributed by atoms with Gasteiger partial charge < -0.3 is 19.1 Å². The van der Waals surface area contributed by atoms with Gasteiger partial charge in [0.25, 0.3) is 0 Å². The molecular formula is C20H30N4O3S. The van der Waals surface area contributed by atoms with Crippen LogP contribution in [0.1, 0.15) is 23.2 Å². The van der Waals surface area contributed by atoms with Crippen LogP contribution in [0.25, 0.3) is 10.2 Å². The van der Waals surface area contributed by atoms with Gasteiger partial charge >= 0.3 is 0 Å². The van der Waals surface area contributed by atoms with E-state index in [1.165, 1.54) is 15.8 Å². The molecule has 0 spiro atoms. The van der Waals surface area contributed by atoms with Gasteiger partial charge in [0.15, 0.2) is 0 Å². The second-order valence-electron chi connectivity index (χ2n) is 7.74. The zero-order valence-corrected chi connectivity index (χ0v) is 18.0. The lowest BCUT2D eigenvalue weighted by Crippen LogP contribution is -2.48. The van der Waals surface area contributed by atoms with Gasteiger partial charge in [0.1, 0.15) is 16.5 Å². The summed E-state index contributed by atoms with van der Waals surface area (Å²) >= 11 is 1.77. The molecule has 2 atom stereocenters. The zero-order chi connectivity index (χ0) is 19.7. The number of fused-ring (bicyclic) bond motifs is 1. The monoisotopic (exact) mass is 406 g/mol. The lowest BCUT2D eigenvalue weighted by molar-refractivity contribution is -0.0512. The molecule has 8 heteroatoms. The van der Waals surface area contributed by atoms with Crippen molar-refractivity contribution in [2.75, 3.05) is 58.0 Å². The molecule has 0 bridgehead atoms. The van der Waals surface area contributed by atoms with Gasteiger partial charge in [0.2, 0.25) is 0 Å². The third-order valence-corrected chi connectivity index (χ3v) is 6.60. The fourth-order valence-electron chi connectivity index (χ4n) is 4.03. The molecule has 2 aliphatic rings. The molecule has 0 saturated carbocycles. The highest BCUT2D eigenvalue weighted by atomic mass is 32.1. The maximum absolute atomic E-state index is 6.05. The van der Waals surface area contributed by atoms with E-state index in [0.29, 0.717) is 6.61 Å². The molecule has 2 unspecified atom stereocenters. The summed E-state index contributed by atoms with van der Waals surface area (Å²) in [5, 5.41) is 1.19. The summed E-state index contributed by atoms with van der Waals surface area (Å²) in [5.74, 6) is 1.94. The molecule has 2 aliphatic heterocycles. The van der Waals surface area contributed by atoms with Crippen molar-refractivity contribution in [3.63, 3.8) is 0 Å². The van der Waals surface area contributed by atoms with Crippen LogP contribution in [-0.4, -0.2) is 80.2 Å². The van der Waals surface area contributed by atoms with Gasteiger partial charge in [-0.3, -0.25) is 4.90 Å². The van der Waals surface area contributed by atoms with E-state index < -0.39 is 0 Å². The van der Waals surface area contributed by atoms with Crippen LogP contribution in [0.5, 0.6) is 0 Å². The quantitative estimate of drug-likeness (QED) is 0.755. The Kier molecular flexibility index (Phi) is 6.13. The van der Waals surface area contributed by atoms with E-state index in [9.17, 15) is 0 Å². The molecule has 2 fully saturated rings. The highest BCUT2D eigenvalue weighted by Gasteiger charge is 2.29. The van der Waals surface area contributed by atoms with E-state index in [1.54, 1.807) is 18.4 Å². The average Bonchev–Trinajstić information content (AvgIpc) is 2.96. The number of anilines is 1. The van der Waals surface area contributed by atoms with Crippen molar-refractivity contribution in [1.82, 2.24) is 14.9 Å². The predicted molar refractivity (Wildman–Crippen MR) is 111 cm³/mol. The first-order chi connectivity index (χ1) is 13.5. The Morgan fingerprint density at radius 2 is 1.96 bits per heavy atom. The van der Waals surface area contributed by atoms with Crippen molar-refractivity contribution in [1.29, 1.82) is 0 Å². The number of aromatic nitrogens is 2. The lowest BCUT2D eigenvalue weighted by atomic mass is 10.1. The highest BCUT2D eigenvalue weighted by molar-refractivity contribution is 7.18. The molecule has 0 radical (unpaired) electrons. The minimum absolute atomic E-state index is 0.0569. The smallest absolute Gasteiger partial charge is 0.146 e. The molecule has 28 heavy (non-hydrogen) atoms. The summed E-state index contributed by atoms with van der Waals surface area (Å²) in [5.41, 5.74) is 1.29. The molecular weight excluding hydrogens is 376 g/mol. The van der Waals surface area contributed by atoms with Gasteiger partial charge in [-0.25, -0.2) is 9.97 Å². The Morgan fingerprint density at radius 1 is 1.18 bits per heavy atom. The minimum Gasteiger partial charge on any atom is -0.382 e. The van der Waals surface area contributed by atoms with Crippen molar-refractivity contribution < 1.29 is 14.2 Å². The Hall–Kier alpha value is -1.32. The normalized spacial score (nSPS) is 24.2. The van der Waals surface area contributed by atoms with Crippen molar-refractivity contribution in [2.45, 2.75) is 39.5 Å². The highest BCUT2D eigenvalue weighted by Crippen LogP contribution is 2.36. The van der Waals surface area contributed by atoms with Gasteiger partial charge in [-0.05, 0) is 26.3 Å². The number of aryl methyl sites for hydroxylation is 2. The molecule has 154 valence electrons. The van der Waals surface area contributed by atoms with Gasteiger partial charge in [0, 0.05) is 38.2 Å². The topological polar surface area (TPSA) is 60.0 Å². The predicted octanol–water partition coefficient (Wildman–Crippen LogP) is 2.38. The number of thiophene rings is 1. The summed E-state index contributed by atoms with van der Waals surface area (Å²) in [6.45, 7) is 12.9. The summed E-state index contributed by atoms with van der Waals surface area (Å²) in [6, 6.07) is 0. The summed E-state index contributed by atoms with van der Waals surface area (Å²) in [7, 11) is 1.72. The number of hydrogen-bond donors (Lipinski definition) is 0. The van der Waals surface area contributed by atoms with Crippen molar-refractivity contribution in [2.24, 2.45) is 0 Å². The average molecular weight is 407 g/mol. The molecule has 0 amide bonds. The van der Waals surface area contributed by atoms with Crippen molar-refractivity contribution >= 4 is 27.4 Å². The van der Waals surface area contributed by atoms with Crippen LogP contribution < -0.4 is 4.90 Å². The fourth-order valence-corrected chi connectivity index (χ4v) is 5.07. The molecule has 0 aliphatic carbocycles. The molecule has 2 saturated heterocycles. The second-order valence-corrected chi connectivity index (χ2v) is 8.95. The third-order valence-electron chi connectivity index (χ3n) is 5.50. The summed E-state index contributed by atoms with van der Waals surface area (Å²) in [6.07, 6.45) is 0.197. The maximum Gasteiger partial charge on any atom is 0.146 e. The number of morpholine rings is 2. The molecule has 4 heterocycles. The van der Waals surface area contributed by atoms with Crippen LogP contribution in [0.4, 0.5) is 5.82 Å². The number of methoxy groups -OCH3 is 1. The Morgan fingerprint density at radius 3 is 2.71 bits per heavy atom. The number of hydrogen-bond acceptors (Lipinski definition) is 8. The zero-order valence-electron chi connectivity index (χ0n) is 17.2. The molecule has 0 N–H and O–H groups in total. The molecule has 2 aromatic rings. The van der Waals surface area contributed by atoms with Gasteiger partial charge in [-0.1, -0.05) is 0 Å². The molecule has 0 aromatic carbocycles. The molecule has 7 nitrogen and oxygen atoms in total. The molecule has 4 rings (SSSR count). The SMILES string of the molecule is COCC1CN(c2nc(CN3CCOCC3)nc3sc(C)c(C)c23)CC(C)O1. The summed E-state index contributed by atoms with van der Waals surface area (Å²) < 4.78 is 16.9. The minimum atomic E-state index is 0.0569. The van der Waals surface area contributed by atoms with Crippen LogP contribution in [-0.2, 0) is 20.8 Å². The number of ether oxygens (including phenoxy) is 3. The Balaban J connectivity index is 1.70. The number of rotatable bonds is 5. The van der Waals surface area contributed by atoms with Gasteiger partial charge in [-0.2, -0.15) is 0 Å². The third kappa shape index (κ3) is 4.16. The van der Waals surface area contributed by atoms with Crippen LogP contribution in [0.2, 0.25) is 0 Å². The van der Waals surface area contributed by atoms with Crippen LogP contribution in [0.15, 0.2) is 0 Å². The first-order valence-corrected chi connectivity index (χ1v) is 10.8.